The van der Waals surface area contributed by atoms with Crippen LogP contribution in [-0.2, 0) is 0 Å². The Morgan fingerprint density at radius 3 is 1.45 bits per heavy atom. The Kier molecular flexibility index (Phi) is 5.98. The second-order valence-corrected chi connectivity index (χ2v) is 16.9. The highest BCUT2D eigenvalue weighted by Crippen LogP contribution is 2.44. The van der Waals surface area contributed by atoms with Crippen LogP contribution < -0.4 is 0 Å². The normalized spacial score (nSPS) is 13.8. The summed E-state index contributed by atoms with van der Waals surface area (Å²) >= 11 is 1.72. The van der Waals surface area contributed by atoms with Crippen LogP contribution in [0.5, 0.6) is 0 Å². The first-order valence-corrected chi connectivity index (χ1v) is 21.7. The van der Waals surface area contributed by atoms with Crippen LogP contribution in [0, 0.1) is 0 Å². The van der Waals surface area contributed by atoms with Crippen molar-refractivity contribution in [2.24, 2.45) is 0 Å². The van der Waals surface area contributed by atoms with Crippen LogP contribution in [0.25, 0.3) is 126 Å². The van der Waals surface area contributed by atoms with Gasteiger partial charge in [0.05, 0.1) is 55.3 Å². The minimum atomic E-state index is -0.542. The fraction of sp³-hybridized carbons (Fsp3) is 0. The third-order valence-corrected chi connectivity index (χ3v) is 13.5. The highest BCUT2D eigenvalue weighted by atomic mass is 32.1. The number of hydrogen-bond acceptors (Lipinski definition) is 4. The summed E-state index contributed by atoms with van der Waals surface area (Å²) in [5.74, 6) is 0.263. The maximum Gasteiger partial charge on any atom is 0.240 e. The lowest BCUT2D eigenvalue weighted by Crippen LogP contribution is -2.11. The Bertz CT molecular complexity index is 4520. The van der Waals surface area contributed by atoms with Crippen molar-refractivity contribution in [2.45, 2.75) is 0 Å². The minimum absolute atomic E-state index is 0.0774. The van der Waals surface area contributed by atoms with Crippen molar-refractivity contribution in [3.63, 3.8) is 0 Å². The molecule has 14 aromatic rings. The molecule has 0 saturated carbocycles. The van der Waals surface area contributed by atoms with Crippen LogP contribution in [0.3, 0.4) is 0 Å². The smallest absolute Gasteiger partial charge is 0.240 e. The van der Waals surface area contributed by atoms with Crippen LogP contribution in [0.2, 0.25) is 0 Å². The summed E-state index contributed by atoms with van der Waals surface area (Å²) in [6.45, 7) is 0. The van der Waals surface area contributed by atoms with E-state index in [0.717, 1.165) is 70.5 Å². The van der Waals surface area contributed by atoms with Crippen molar-refractivity contribution >= 4 is 96.9 Å². The molecule has 0 spiro atoms. The van der Waals surface area contributed by atoms with E-state index in [-0.39, 0.29) is 39.5 Å². The molecule has 0 saturated heterocycles. The van der Waals surface area contributed by atoms with Crippen LogP contribution in [0.15, 0.2) is 206 Å². The van der Waals surface area contributed by atoms with E-state index < -0.39 is 48.3 Å². The topological polar surface area (TPSA) is 53.5 Å². The fourth-order valence-electron chi connectivity index (χ4n) is 9.70. The predicted octanol–water partition coefficient (Wildman–Crippen LogP) is 14.9. The van der Waals surface area contributed by atoms with Crippen LogP contribution in [0.1, 0.15) is 11.0 Å². The number of para-hydroxylation sites is 6. The molecule has 0 bridgehead atoms. The van der Waals surface area contributed by atoms with Gasteiger partial charge in [0.2, 0.25) is 11.9 Å². The lowest BCUT2D eigenvalue weighted by molar-refractivity contribution is 0.892. The standard InChI is InChI=1S/C57H34N6S/c1-8-24-45-37(16-1)38-17-2-9-25-46(38)61(45)51-30-15-23-36(35-32-33-44-43-22-7-14-31-52(43)64-53(44)34-35)54(51)55-58-56(62-47-26-10-3-18-39(47)40-19-4-11-27-48(40)62)60-57(59-55)63-49-28-12-5-20-41(49)42-21-6-13-29-50(42)63/h1-34H/i3D,4D,10D,11D,18D,19D,26D,27D. The molecule has 0 aliphatic rings. The number of thiophene rings is 1. The van der Waals surface area contributed by atoms with Gasteiger partial charge in [-0.2, -0.15) is 15.0 Å². The SMILES string of the molecule is [2H]c1c([2H])c([2H])c2c(c1[2H])c1c([2H])c([2H])c([2H])c([2H])c1n2-c1nc(-c2c(-c3ccc4c(c3)sc3ccccc34)cccc2-n2c3ccccc3c3ccccc32)nc(-n2c3ccccc3c3ccccc32)n1. The molecule has 0 unspecified atom stereocenters. The zero-order chi connectivity index (χ0) is 48.8. The highest BCUT2D eigenvalue weighted by molar-refractivity contribution is 7.25. The monoisotopic (exact) mass is 842 g/mol. The van der Waals surface area contributed by atoms with Gasteiger partial charge in [0, 0.05) is 52.5 Å². The van der Waals surface area contributed by atoms with E-state index >= 15 is 0 Å². The Morgan fingerprint density at radius 2 is 0.859 bits per heavy atom. The maximum absolute atomic E-state index is 9.45. The molecule has 9 aromatic carbocycles. The first kappa shape index (κ1) is 28.3. The average Bonchev–Trinajstić information content (AvgIpc) is 4.17. The van der Waals surface area contributed by atoms with E-state index in [4.69, 9.17) is 20.4 Å². The Balaban J connectivity index is 1.19. The van der Waals surface area contributed by atoms with E-state index in [1.54, 1.807) is 11.3 Å². The van der Waals surface area contributed by atoms with Gasteiger partial charge in [-0.05, 0) is 65.7 Å². The zero-order valence-corrected chi connectivity index (χ0v) is 34.4. The second-order valence-electron chi connectivity index (χ2n) is 15.8. The van der Waals surface area contributed by atoms with Crippen molar-refractivity contribution in [3.8, 4) is 40.1 Å². The number of hydrogen-bond donors (Lipinski definition) is 0. The maximum atomic E-state index is 9.45. The molecule has 14 rings (SSSR count). The number of aromatic nitrogens is 6. The lowest BCUT2D eigenvalue weighted by atomic mass is 9.96. The van der Waals surface area contributed by atoms with Gasteiger partial charge in [-0.15, -0.1) is 11.3 Å². The molecule has 6 nitrogen and oxygen atoms in total. The number of fused-ring (bicyclic) bond motifs is 12. The average molecular weight is 843 g/mol. The first-order valence-electron chi connectivity index (χ1n) is 24.9. The molecule has 0 fully saturated rings. The van der Waals surface area contributed by atoms with Crippen molar-refractivity contribution < 1.29 is 11.0 Å². The molecule has 7 heteroatoms. The van der Waals surface area contributed by atoms with E-state index in [2.05, 4.69) is 71.3 Å². The quantitative estimate of drug-likeness (QED) is 0.173. The zero-order valence-electron chi connectivity index (χ0n) is 41.6. The summed E-state index contributed by atoms with van der Waals surface area (Å²) < 4.78 is 80.5. The highest BCUT2D eigenvalue weighted by Gasteiger charge is 2.25. The molecule has 298 valence electrons. The number of benzene rings is 9. The third kappa shape index (κ3) is 5.04. The van der Waals surface area contributed by atoms with Gasteiger partial charge >= 0.3 is 0 Å². The fourth-order valence-corrected chi connectivity index (χ4v) is 10.8. The van der Waals surface area contributed by atoms with Crippen LogP contribution >= 0.6 is 11.3 Å². The molecule has 0 amide bonds. The molecule has 0 radical (unpaired) electrons. The van der Waals surface area contributed by atoms with Crippen LogP contribution in [-0.4, -0.2) is 28.7 Å². The van der Waals surface area contributed by atoms with Gasteiger partial charge < -0.3 is 4.57 Å². The number of nitrogens with zero attached hydrogens (tertiary/aromatic N) is 6. The van der Waals surface area contributed by atoms with Crippen molar-refractivity contribution in [3.05, 3.63) is 206 Å². The summed E-state index contributed by atoms with van der Waals surface area (Å²) in [6, 6.07) is 49.4. The van der Waals surface area contributed by atoms with Crippen molar-refractivity contribution in [1.29, 1.82) is 0 Å². The minimum Gasteiger partial charge on any atom is -0.308 e. The molecular weight excluding hydrogens is 801 g/mol. The van der Waals surface area contributed by atoms with Crippen molar-refractivity contribution in [1.82, 2.24) is 28.7 Å². The van der Waals surface area contributed by atoms with Gasteiger partial charge in [-0.1, -0.05) is 152 Å². The van der Waals surface area contributed by atoms with Gasteiger partial charge in [0.25, 0.3) is 0 Å². The van der Waals surface area contributed by atoms with Crippen LogP contribution in [0.4, 0.5) is 0 Å². The molecule has 0 atom stereocenters. The molecule has 0 N–H and O–H groups in total. The van der Waals surface area contributed by atoms with Crippen molar-refractivity contribution in [2.75, 3.05) is 0 Å². The summed E-state index contributed by atoms with van der Waals surface area (Å²) in [7, 11) is 0. The summed E-state index contributed by atoms with van der Waals surface area (Å²) in [5.41, 5.74) is 6.35. The molecule has 64 heavy (non-hydrogen) atoms. The second kappa shape index (κ2) is 13.6. The predicted molar refractivity (Wildman–Crippen MR) is 267 cm³/mol. The number of rotatable bonds is 5. The summed E-state index contributed by atoms with van der Waals surface area (Å²) in [4.78, 5) is 16.1. The lowest BCUT2D eigenvalue weighted by Gasteiger charge is -2.19. The summed E-state index contributed by atoms with van der Waals surface area (Å²) in [6.07, 6.45) is 0. The first-order chi connectivity index (χ1) is 35.1. The van der Waals surface area contributed by atoms with Gasteiger partial charge in [-0.3, -0.25) is 9.13 Å². The Morgan fingerprint density at radius 1 is 0.375 bits per heavy atom. The Hall–Kier alpha value is -8.39. The molecule has 5 heterocycles. The van der Waals surface area contributed by atoms with E-state index in [1.807, 2.05) is 95.6 Å². The molecular formula is C57H34N6S. The van der Waals surface area contributed by atoms with E-state index in [0.29, 0.717) is 5.56 Å². The Labute approximate surface area is 381 Å². The van der Waals surface area contributed by atoms with E-state index in [9.17, 15) is 5.48 Å². The van der Waals surface area contributed by atoms with Gasteiger partial charge in [0.1, 0.15) is 0 Å². The van der Waals surface area contributed by atoms with E-state index in [1.165, 1.54) is 14.7 Å². The molecule has 0 aliphatic heterocycles. The largest absolute Gasteiger partial charge is 0.308 e. The molecule has 0 aliphatic carbocycles. The van der Waals surface area contributed by atoms with Gasteiger partial charge in [-0.25, -0.2) is 0 Å². The summed E-state index contributed by atoms with van der Waals surface area (Å²) in [5, 5.41) is 6.13. The van der Waals surface area contributed by atoms with Gasteiger partial charge in [0.15, 0.2) is 5.82 Å². The third-order valence-electron chi connectivity index (χ3n) is 12.4. The molecule has 5 aromatic heterocycles.